The van der Waals surface area contributed by atoms with Crippen LogP contribution < -0.4 is 10.6 Å². The summed E-state index contributed by atoms with van der Waals surface area (Å²) in [7, 11) is 0. The zero-order valence-electron chi connectivity index (χ0n) is 11.4. The molecule has 0 aromatic carbocycles. The molecular weight excluding hydrogens is 220 g/mol. The van der Waals surface area contributed by atoms with Gasteiger partial charge in [-0.25, -0.2) is 9.59 Å². The van der Waals surface area contributed by atoms with Crippen LogP contribution in [0, 0.1) is 0 Å². The fraction of sp³-hybridized carbons (Fsp3) is 0.833. The molecule has 0 unspecified atom stereocenters. The summed E-state index contributed by atoms with van der Waals surface area (Å²) in [4.78, 5) is 22.9. The number of hydrogen-bond donors (Lipinski definition) is 2. The zero-order valence-corrected chi connectivity index (χ0v) is 11.4. The molecule has 5 nitrogen and oxygen atoms in total. The topological polar surface area (TPSA) is 67.4 Å². The van der Waals surface area contributed by atoms with Crippen LogP contribution in [0.25, 0.3) is 0 Å². The van der Waals surface area contributed by atoms with Gasteiger partial charge in [0.25, 0.3) is 0 Å². The lowest BCUT2D eigenvalue weighted by atomic mass is 10.2. The highest BCUT2D eigenvalue weighted by atomic mass is 16.6. The fourth-order valence-electron chi connectivity index (χ4n) is 1.08. The van der Waals surface area contributed by atoms with Gasteiger partial charge in [0.2, 0.25) is 0 Å². The van der Waals surface area contributed by atoms with E-state index in [-0.39, 0.29) is 6.03 Å². The first kappa shape index (κ1) is 15.7. The van der Waals surface area contributed by atoms with Gasteiger partial charge >= 0.3 is 12.0 Å². The Hall–Kier alpha value is -1.26. The minimum atomic E-state index is -0.643. The summed E-state index contributed by atoms with van der Waals surface area (Å²) in [6.45, 7) is 9.64. The molecule has 17 heavy (non-hydrogen) atoms. The maximum atomic E-state index is 11.6. The van der Waals surface area contributed by atoms with Crippen LogP contribution in [0.3, 0.4) is 0 Å². The van der Waals surface area contributed by atoms with Crippen molar-refractivity contribution in [3.63, 3.8) is 0 Å². The van der Waals surface area contributed by atoms with Gasteiger partial charge in [-0.1, -0.05) is 13.3 Å². The van der Waals surface area contributed by atoms with E-state index in [9.17, 15) is 9.59 Å². The molecule has 0 fully saturated rings. The number of ether oxygens (including phenoxy) is 1. The van der Waals surface area contributed by atoms with Crippen molar-refractivity contribution >= 4 is 12.0 Å². The molecule has 2 N–H and O–H groups in total. The number of carbonyl (C=O) groups is 2. The second kappa shape index (κ2) is 7.14. The van der Waals surface area contributed by atoms with Gasteiger partial charge in [0, 0.05) is 6.54 Å². The van der Waals surface area contributed by atoms with Gasteiger partial charge in [-0.2, -0.15) is 0 Å². The minimum Gasteiger partial charge on any atom is -0.458 e. The van der Waals surface area contributed by atoms with E-state index in [0.717, 1.165) is 12.8 Å². The predicted octanol–water partition coefficient (Wildman–Crippen LogP) is 1.82. The molecule has 0 aromatic heterocycles. The SMILES string of the molecule is CCCCNC(=O)N[C@H](C)C(=O)OC(C)(C)C. The average Bonchev–Trinajstić information content (AvgIpc) is 2.15. The summed E-state index contributed by atoms with van der Waals surface area (Å²) >= 11 is 0. The predicted molar refractivity (Wildman–Crippen MR) is 66.7 cm³/mol. The van der Waals surface area contributed by atoms with Crippen LogP contribution >= 0.6 is 0 Å². The van der Waals surface area contributed by atoms with Crippen molar-refractivity contribution in [1.29, 1.82) is 0 Å². The number of unbranched alkanes of at least 4 members (excludes halogenated alkanes) is 1. The number of nitrogens with one attached hydrogen (secondary N) is 2. The molecule has 0 saturated carbocycles. The third-order valence-electron chi connectivity index (χ3n) is 1.92. The van der Waals surface area contributed by atoms with Gasteiger partial charge in [0.1, 0.15) is 11.6 Å². The van der Waals surface area contributed by atoms with Crippen LogP contribution in [-0.2, 0) is 9.53 Å². The molecule has 0 bridgehead atoms. The molecule has 0 heterocycles. The molecule has 0 radical (unpaired) electrons. The van der Waals surface area contributed by atoms with Crippen molar-refractivity contribution in [2.75, 3.05) is 6.54 Å². The Morgan fingerprint density at radius 3 is 2.35 bits per heavy atom. The quantitative estimate of drug-likeness (QED) is 0.572. The Kier molecular flexibility index (Phi) is 6.61. The molecule has 0 aliphatic rings. The van der Waals surface area contributed by atoms with E-state index in [2.05, 4.69) is 10.6 Å². The lowest BCUT2D eigenvalue weighted by Crippen LogP contribution is -2.46. The first-order valence-electron chi connectivity index (χ1n) is 6.03. The third-order valence-corrected chi connectivity index (χ3v) is 1.92. The summed E-state index contributed by atoms with van der Waals surface area (Å²) in [5.74, 6) is -0.428. The van der Waals surface area contributed by atoms with Crippen LogP contribution in [0.1, 0.15) is 47.5 Å². The van der Waals surface area contributed by atoms with Crippen molar-refractivity contribution in [2.45, 2.75) is 59.1 Å². The molecule has 0 aliphatic carbocycles. The Morgan fingerprint density at radius 2 is 1.88 bits per heavy atom. The normalized spacial score (nSPS) is 12.8. The van der Waals surface area contributed by atoms with E-state index in [0.29, 0.717) is 6.54 Å². The van der Waals surface area contributed by atoms with Crippen LogP contribution in [0.4, 0.5) is 4.79 Å². The van der Waals surface area contributed by atoms with Crippen LogP contribution in [0.5, 0.6) is 0 Å². The van der Waals surface area contributed by atoms with Crippen molar-refractivity contribution in [3.8, 4) is 0 Å². The van der Waals surface area contributed by atoms with Crippen molar-refractivity contribution < 1.29 is 14.3 Å². The molecule has 2 amide bonds. The van der Waals surface area contributed by atoms with E-state index < -0.39 is 17.6 Å². The van der Waals surface area contributed by atoms with Crippen LogP contribution in [0.2, 0.25) is 0 Å². The highest BCUT2D eigenvalue weighted by Gasteiger charge is 2.22. The van der Waals surface area contributed by atoms with Gasteiger partial charge in [-0.3, -0.25) is 0 Å². The summed E-state index contributed by atoms with van der Waals surface area (Å²) in [6.07, 6.45) is 1.94. The zero-order chi connectivity index (χ0) is 13.5. The molecule has 0 spiro atoms. The number of hydrogen-bond acceptors (Lipinski definition) is 3. The van der Waals surface area contributed by atoms with Crippen molar-refractivity contribution in [3.05, 3.63) is 0 Å². The van der Waals surface area contributed by atoms with Crippen LogP contribution in [0.15, 0.2) is 0 Å². The highest BCUT2D eigenvalue weighted by molar-refractivity contribution is 5.83. The number of urea groups is 1. The largest absolute Gasteiger partial charge is 0.458 e. The molecule has 100 valence electrons. The van der Waals surface area contributed by atoms with E-state index in [4.69, 9.17) is 4.74 Å². The third kappa shape index (κ3) is 8.54. The molecular formula is C12H24N2O3. The molecule has 0 aromatic rings. The number of carbonyl (C=O) groups excluding carboxylic acids is 2. The number of esters is 1. The van der Waals surface area contributed by atoms with Gasteiger partial charge < -0.3 is 15.4 Å². The average molecular weight is 244 g/mol. The molecule has 1 atom stereocenters. The second-order valence-electron chi connectivity index (χ2n) is 5.01. The Bertz CT molecular complexity index is 259. The minimum absolute atomic E-state index is 0.336. The Labute approximate surface area is 103 Å². The van der Waals surface area contributed by atoms with E-state index >= 15 is 0 Å². The van der Waals surface area contributed by atoms with Gasteiger partial charge in [0.05, 0.1) is 0 Å². The van der Waals surface area contributed by atoms with Crippen molar-refractivity contribution in [1.82, 2.24) is 10.6 Å². The Morgan fingerprint density at radius 1 is 1.29 bits per heavy atom. The maximum Gasteiger partial charge on any atom is 0.328 e. The summed E-state index contributed by atoms with van der Waals surface area (Å²) in [5, 5.41) is 5.21. The number of rotatable bonds is 5. The van der Waals surface area contributed by atoms with E-state index in [1.54, 1.807) is 27.7 Å². The van der Waals surface area contributed by atoms with Crippen molar-refractivity contribution in [2.24, 2.45) is 0 Å². The summed E-state index contributed by atoms with van der Waals surface area (Å²) < 4.78 is 5.14. The molecule has 0 rings (SSSR count). The van der Waals surface area contributed by atoms with Crippen LogP contribution in [-0.4, -0.2) is 30.2 Å². The second-order valence-corrected chi connectivity index (χ2v) is 5.01. The smallest absolute Gasteiger partial charge is 0.328 e. The van der Waals surface area contributed by atoms with Gasteiger partial charge in [-0.05, 0) is 34.1 Å². The van der Waals surface area contributed by atoms with Gasteiger partial charge in [-0.15, -0.1) is 0 Å². The fourth-order valence-corrected chi connectivity index (χ4v) is 1.08. The lowest BCUT2D eigenvalue weighted by Gasteiger charge is -2.22. The standard InChI is InChI=1S/C12H24N2O3/c1-6-7-8-13-11(16)14-9(2)10(15)17-12(3,4)5/h9H,6-8H2,1-5H3,(H2,13,14,16)/t9-/m1/s1. The highest BCUT2D eigenvalue weighted by Crippen LogP contribution is 2.08. The van der Waals surface area contributed by atoms with Gasteiger partial charge in [0.15, 0.2) is 0 Å². The summed E-state index contributed by atoms with van der Waals surface area (Å²) in [5.41, 5.74) is -0.536. The monoisotopic (exact) mass is 244 g/mol. The molecule has 5 heteroatoms. The number of amides is 2. The Balaban J connectivity index is 3.95. The van der Waals surface area contributed by atoms with E-state index in [1.165, 1.54) is 0 Å². The summed E-state index contributed by atoms with van der Waals surface area (Å²) in [6, 6.07) is -0.979. The first-order chi connectivity index (χ1) is 7.76. The molecule has 0 saturated heterocycles. The first-order valence-corrected chi connectivity index (χ1v) is 6.03. The maximum absolute atomic E-state index is 11.6. The lowest BCUT2D eigenvalue weighted by molar-refractivity contribution is -0.156. The van der Waals surface area contributed by atoms with E-state index in [1.807, 2.05) is 6.92 Å². The molecule has 0 aliphatic heterocycles.